The molecule has 29 heavy (non-hydrogen) atoms. The highest BCUT2D eigenvalue weighted by atomic mass is 16.4. The Morgan fingerprint density at radius 1 is 1.24 bits per heavy atom. The second kappa shape index (κ2) is 8.41. The molecule has 1 saturated heterocycles. The molecule has 1 unspecified atom stereocenters. The quantitative estimate of drug-likeness (QED) is 0.660. The van der Waals surface area contributed by atoms with E-state index < -0.39 is 0 Å². The number of piperidine rings is 1. The number of aryl methyl sites for hydroxylation is 1. The number of rotatable bonds is 6. The van der Waals surface area contributed by atoms with Crippen molar-refractivity contribution in [3.05, 3.63) is 53.2 Å². The first kappa shape index (κ1) is 19.7. The minimum atomic E-state index is -0.0443. The average Bonchev–Trinajstić information content (AvgIpc) is 3.38. The van der Waals surface area contributed by atoms with Gasteiger partial charge in [0, 0.05) is 6.54 Å². The number of hydrogen-bond donors (Lipinski definition) is 1. The zero-order valence-corrected chi connectivity index (χ0v) is 17.6. The van der Waals surface area contributed by atoms with E-state index in [0.717, 1.165) is 68.1 Å². The van der Waals surface area contributed by atoms with E-state index in [1.807, 2.05) is 23.1 Å². The largest absolute Gasteiger partial charge is 0.455 e. The van der Waals surface area contributed by atoms with Crippen LogP contribution in [-0.4, -0.2) is 45.3 Å². The lowest BCUT2D eigenvalue weighted by molar-refractivity contribution is 0.0565. The summed E-state index contributed by atoms with van der Waals surface area (Å²) in [5.74, 6) is 2.08. The van der Waals surface area contributed by atoms with Crippen LogP contribution in [0.5, 0.6) is 0 Å². The molecule has 0 bridgehead atoms. The predicted molar refractivity (Wildman–Crippen MR) is 114 cm³/mol. The lowest BCUT2D eigenvalue weighted by atomic mass is 10.0. The zero-order chi connectivity index (χ0) is 20.4. The summed E-state index contributed by atoms with van der Waals surface area (Å²) < 4.78 is 5.93. The lowest BCUT2D eigenvalue weighted by Crippen LogP contribution is -2.38. The topological polar surface area (TPSA) is 65.4 Å². The van der Waals surface area contributed by atoms with E-state index in [1.165, 1.54) is 5.56 Å². The first-order chi connectivity index (χ1) is 14.1. The second-order valence-electron chi connectivity index (χ2n) is 7.88. The number of fused-ring (bicyclic) bond motifs is 1. The van der Waals surface area contributed by atoms with E-state index in [0.29, 0.717) is 5.76 Å². The molecule has 1 aliphatic heterocycles. The molecule has 1 amide bonds. The standard InChI is InChI=1S/C23H30N4O2/c1-4-26(5-2)15-17-10-12-21(29-17)23(28)27-13-7-6-8-20(27)22-24-18-11-9-16(3)14-19(18)25-22/h9-12,14,20H,4-8,13,15H2,1-3H3,(H,24,25). The maximum Gasteiger partial charge on any atom is 0.290 e. The van der Waals surface area contributed by atoms with Gasteiger partial charge in [0.1, 0.15) is 11.6 Å². The van der Waals surface area contributed by atoms with Gasteiger partial charge < -0.3 is 14.3 Å². The monoisotopic (exact) mass is 394 g/mol. The number of carbonyl (C=O) groups is 1. The van der Waals surface area contributed by atoms with Gasteiger partial charge in [-0.2, -0.15) is 0 Å². The fourth-order valence-corrected chi connectivity index (χ4v) is 4.15. The van der Waals surface area contributed by atoms with Crippen molar-refractivity contribution in [3.8, 4) is 0 Å². The molecule has 4 rings (SSSR count). The van der Waals surface area contributed by atoms with Gasteiger partial charge in [-0.05, 0) is 69.1 Å². The third-order valence-electron chi connectivity index (χ3n) is 5.88. The maximum absolute atomic E-state index is 13.3. The van der Waals surface area contributed by atoms with Crippen molar-refractivity contribution in [2.24, 2.45) is 0 Å². The Kier molecular flexibility index (Phi) is 5.72. The maximum atomic E-state index is 13.3. The van der Waals surface area contributed by atoms with Crippen LogP contribution in [0.15, 0.2) is 34.7 Å². The molecule has 0 aliphatic carbocycles. The number of aromatic amines is 1. The minimum absolute atomic E-state index is 0.0414. The van der Waals surface area contributed by atoms with Crippen molar-refractivity contribution >= 4 is 16.9 Å². The fraction of sp³-hybridized carbons (Fsp3) is 0.478. The number of likely N-dealkylation sites (tertiary alicyclic amines) is 1. The van der Waals surface area contributed by atoms with Crippen molar-refractivity contribution in [2.75, 3.05) is 19.6 Å². The number of imidazole rings is 1. The molecule has 3 heterocycles. The van der Waals surface area contributed by atoms with Gasteiger partial charge >= 0.3 is 0 Å². The molecule has 1 aromatic carbocycles. The molecule has 1 atom stereocenters. The summed E-state index contributed by atoms with van der Waals surface area (Å²) in [6, 6.07) is 9.90. The number of H-pyrrole nitrogens is 1. The molecule has 1 N–H and O–H groups in total. The Morgan fingerprint density at radius 3 is 2.86 bits per heavy atom. The number of carbonyl (C=O) groups excluding carboxylic acids is 1. The minimum Gasteiger partial charge on any atom is -0.455 e. The summed E-state index contributed by atoms with van der Waals surface area (Å²) in [5.41, 5.74) is 3.17. The molecule has 1 aliphatic rings. The molecule has 0 radical (unpaired) electrons. The van der Waals surface area contributed by atoms with Crippen LogP contribution in [0.3, 0.4) is 0 Å². The van der Waals surface area contributed by atoms with Gasteiger partial charge in [0.05, 0.1) is 23.6 Å². The molecule has 0 spiro atoms. The summed E-state index contributed by atoms with van der Waals surface area (Å²) in [4.78, 5) is 25.7. The van der Waals surface area contributed by atoms with E-state index >= 15 is 0 Å². The Balaban J connectivity index is 1.56. The fourth-order valence-electron chi connectivity index (χ4n) is 4.15. The van der Waals surface area contributed by atoms with Gasteiger partial charge in [-0.1, -0.05) is 19.9 Å². The van der Waals surface area contributed by atoms with E-state index in [4.69, 9.17) is 9.40 Å². The summed E-state index contributed by atoms with van der Waals surface area (Å²) in [6.45, 7) is 9.71. The van der Waals surface area contributed by atoms with Crippen LogP contribution in [0.25, 0.3) is 11.0 Å². The van der Waals surface area contributed by atoms with Crippen molar-refractivity contribution in [1.82, 2.24) is 19.8 Å². The summed E-state index contributed by atoms with van der Waals surface area (Å²) >= 11 is 0. The molecule has 0 saturated carbocycles. The summed E-state index contributed by atoms with van der Waals surface area (Å²) in [5, 5.41) is 0. The highest BCUT2D eigenvalue weighted by molar-refractivity contribution is 5.92. The molecule has 6 nitrogen and oxygen atoms in total. The molecule has 2 aromatic heterocycles. The zero-order valence-electron chi connectivity index (χ0n) is 17.6. The van der Waals surface area contributed by atoms with Crippen molar-refractivity contribution in [2.45, 2.75) is 52.6 Å². The van der Waals surface area contributed by atoms with Crippen LogP contribution < -0.4 is 0 Å². The van der Waals surface area contributed by atoms with Crippen molar-refractivity contribution in [3.63, 3.8) is 0 Å². The Morgan fingerprint density at radius 2 is 2.07 bits per heavy atom. The number of benzene rings is 1. The van der Waals surface area contributed by atoms with Crippen LogP contribution in [0.1, 0.15) is 66.9 Å². The third-order valence-corrected chi connectivity index (χ3v) is 5.88. The Labute approximate surface area is 171 Å². The highest BCUT2D eigenvalue weighted by Crippen LogP contribution is 2.32. The van der Waals surface area contributed by atoms with E-state index in [-0.39, 0.29) is 11.9 Å². The number of aromatic nitrogens is 2. The number of nitrogens with zero attached hydrogens (tertiary/aromatic N) is 3. The van der Waals surface area contributed by atoms with Gasteiger partial charge in [0.15, 0.2) is 5.76 Å². The first-order valence-electron chi connectivity index (χ1n) is 10.7. The first-order valence-corrected chi connectivity index (χ1v) is 10.7. The molecule has 3 aromatic rings. The second-order valence-corrected chi connectivity index (χ2v) is 7.88. The molecular weight excluding hydrogens is 364 g/mol. The van der Waals surface area contributed by atoms with Crippen LogP contribution in [0, 0.1) is 6.92 Å². The lowest BCUT2D eigenvalue weighted by Gasteiger charge is -2.33. The van der Waals surface area contributed by atoms with Crippen LogP contribution in [-0.2, 0) is 6.54 Å². The number of amides is 1. The smallest absolute Gasteiger partial charge is 0.290 e. The van der Waals surface area contributed by atoms with E-state index in [9.17, 15) is 4.79 Å². The van der Waals surface area contributed by atoms with Gasteiger partial charge in [-0.25, -0.2) is 4.98 Å². The van der Waals surface area contributed by atoms with Crippen LogP contribution >= 0.6 is 0 Å². The van der Waals surface area contributed by atoms with Gasteiger partial charge in [0.25, 0.3) is 5.91 Å². The van der Waals surface area contributed by atoms with Gasteiger partial charge in [-0.3, -0.25) is 9.69 Å². The number of nitrogens with one attached hydrogen (secondary N) is 1. The summed E-state index contributed by atoms with van der Waals surface area (Å²) in [6.07, 6.45) is 3.02. The highest BCUT2D eigenvalue weighted by Gasteiger charge is 2.32. The van der Waals surface area contributed by atoms with E-state index in [1.54, 1.807) is 0 Å². The number of hydrogen-bond acceptors (Lipinski definition) is 4. The van der Waals surface area contributed by atoms with Gasteiger partial charge in [0.2, 0.25) is 0 Å². The van der Waals surface area contributed by atoms with E-state index in [2.05, 4.69) is 42.8 Å². The molecule has 6 heteroatoms. The normalized spacial score (nSPS) is 17.4. The van der Waals surface area contributed by atoms with Crippen molar-refractivity contribution < 1.29 is 9.21 Å². The molecular formula is C23H30N4O2. The molecule has 154 valence electrons. The predicted octanol–water partition coefficient (Wildman–Crippen LogP) is 4.67. The van der Waals surface area contributed by atoms with Gasteiger partial charge in [-0.15, -0.1) is 0 Å². The average molecular weight is 395 g/mol. The Bertz CT molecular complexity index is 986. The summed E-state index contributed by atoms with van der Waals surface area (Å²) in [7, 11) is 0. The Hall–Kier alpha value is -2.60. The van der Waals surface area contributed by atoms with Crippen LogP contribution in [0.2, 0.25) is 0 Å². The SMILES string of the molecule is CCN(CC)Cc1ccc(C(=O)N2CCCCC2c2nc3ccc(C)cc3[nH]2)o1. The number of furan rings is 1. The van der Waals surface area contributed by atoms with Crippen LogP contribution in [0.4, 0.5) is 0 Å². The molecule has 1 fully saturated rings. The third kappa shape index (κ3) is 4.08. The van der Waals surface area contributed by atoms with Crippen molar-refractivity contribution in [1.29, 1.82) is 0 Å².